The second kappa shape index (κ2) is 8.26. The van der Waals surface area contributed by atoms with Gasteiger partial charge in [-0.05, 0) is 6.42 Å². The van der Waals surface area contributed by atoms with Gasteiger partial charge < -0.3 is 18.6 Å². The smallest absolute Gasteiger partial charge is 0.377 e. The van der Waals surface area contributed by atoms with Gasteiger partial charge in [0, 0.05) is 40.0 Å². The molecule has 0 rings (SSSR count). The number of nitrogens with one attached hydrogen (secondary N) is 1. The molecule has 0 aromatic rings. The Balaban J connectivity index is 3.87. The second-order valence-electron chi connectivity index (χ2n) is 3.04. The van der Waals surface area contributed by atoms with Crippen LogP contribution in [0.15, 0.2) is 18.4 Å². The molecule has 1 amide bonds. The van der Waals surface area contributed by atoms with Crippen LogP contribution in [-0.2, 0) is 18.1 Å². The third-order valence-electron chi connectivity index (χ3n) is 2.13. The molecular formula is C10H19NO4Si. The summed E-state index contributed by atoms with van der Waals surface area (Å²) in [5.41, 5.74) is 2.41. The van der Waals surface area contributed by atoms with Crippen molar-refractivity contribution >= 4 is 14.7 Å². The second-order valence-corrected chi connectivity index (χ2v) is 6.13. The molecule has 0 heterocycles. The normalized spacial score (nSPS) is 10.7. The van der Waals surface area contributed by atoms with Crippen LogP contribution in [0.4, 0.5) is 0 Å². The van der Waals surface area contributed by atoms with Gasteiger partial charge in [0.05, 0.1) is 0 Å². The van der Waals surface area contributed by atoms with E-state index in [1.165, 1.54) is 6.08 Å². The highest BCUT2D eigenvalue weighted by Crippen LogP contribution is 2.14. The summed E-state index contributed by atoms with van der Waals surface area (Å²) in [7, 11) is 2.21. The van der Waals surface area contributed by atoms with Crippen LogP contribution in [-0.4, -0.2) is 42.6 Å². The van der Waals surface area contributed by atoms with Gasteiger partial charge in [-0.25, -0.2) is 0 Å². The molecule has 0 unspecified atom stereocenters. The number of hydrogen-bond acceptors (Lipinski definition) is 4. The molecule has 16 heavy (non-hydrogen) atoms. The average molecular weight is 245 g/mol. The van der Waals surface area contributed by atoms with Crippen molar-refractivity contribution in [3.05, 3.63) is 18.4 Å². The molecule has 5 nitrogen and oxygen atoms in total. The van der Waals surface area contributed by atoms with Crippen LogP contribution in [0.2, 0.25) is 6.04 Å². The lowest BCUT2D eigenvalue weighted by Crippen LogP contribution is -2.43. The summed E-state index contributed by atoms with van der Waals surface area (Å²) >= 11 is 0. The van der Waals surface area contributed by atoms with E-state index < -0.39 is 8.80 Å². The summed E-state index contributed by atoms with van der Waals surface area (Å²) in [5, 5.41) is 2.69. The van der Waals surface area contributed by atoms with Gasteiger partial charge in [0.25, 0.3) is 5.91 Å². The van der Waals surface area contributed by atoms with Gasteiger partial charge >= 0.3 is 8.80 Å². The van der Waals surface area contributed by atoms with Gasteiger partial charge in [-0.3, -0.25) is 4.79 Å². The van der Waals surface area contributed by atoms with Crippen molar-refractivity contribution in [3.8, 4) is 0 Å². The Labute approximate surface area is 97.4 Å². The van der Waals surface area contributed by atoms with Crippen molar-refractivity contribution in [2.75, 3.05) is 27.9 Å². The first-order valence-electron chi connectivity index (χ1n) is 4.93. The maximum atomic E-state index is 11.0. The molecule has 0 bridgehead atoms. The lowest BCUT2D eigenvalue weighted by molar-refractivity contribution is -0.116. The maximum absolute atomic E-state index is 11.0. The molecule has 0 atom stereocenters. The lowest BCUT2D eigenvalue weighted by atomic mass is 10.4. The minimum Gasteiger partial charge on any atom is -0.377 e. The van der Waals surface area contributed by atoms with Gasteiger partial charge in [0.15, 0.2) is 0 Å². The Hall–Kier alpha value is -0.913. The molecule has 0 saturated heterocycles. The van der Waals surface area contributed by atoms with Crippen molar-refractivity contribution in [3.63, 3.8) is 0 Å². The SMILES string of the molecule is C=C=CC(=O)NCCC[Si](OC)(OC)OC. The quantitative estimate of drug-likeness (QED) is 0.296. The Bertz CT molecular complexity index is 251. The van der Waals surface area contributed by atoms with Crippen molar-refractivity contribution in [1.82, 2.24) is 5.32 Å². The Kier molecular flexibility index (Phi) is 7.79. The molecule has 0 aromatic heterocycles. The lowest BCUT2D eigenvalue weighted by Gasteiger charge is -2.24. The zero-order valence-corrected chi connectivity index (χ0v) is 11.0. The summed E-state index contributed by atoms with van der Waals surface area (Å²) in [6.07, 6.45) is 1.99. The molecule has 0 aromatic carbocycles. The molecule has 0 aliphatic heterocycles. The minimum atomic E-state index is -2.50. The van der Waals surface area contributed by atoms with E-state index in [1.807, 2.05) is 0 Å². The van der Waals surface area contributed by atoms with Crippen LogP contribution < -0.4 is 5.32 Å². The molecule has 0 fully saturated rings. The molecule has 1 N–H and O–H groups in total. The van der Waals surface area contributed by atoms with Gasteiger partial charge in [-0.1, -0.05) is 6.58 Å². The summed E-state index contributed by atoms with van der Waals surface area (Å²) in [4.78, 5) is 11.0. The zero-order chi connectivity index (χ0) is 12.4. The highest BCUT2D eigenvalue weighted by atomic mass is 28.4. The molecular weight excluding hydrogens is 226 g/mol. The highest BCUT2D eigenvalue weighted by molar-refractivity contribution is 6.60. The van der Waals surface area contributed by atoms with E-state index in [0.29, 0.717) is 12.6 Å². The first kappa shape index (κ1) is 15.1. The van der Waals surface area contributed by atoms with E-state index in [0.717, 1.165) is 6.42 Å². The Morgan fingerprint density at radius 1 is 1.38 bits per heavy atom. The topological polar surface area (TPSA) is 56.8 Å². The van der Waals surface area contributed by atoms with E-state index in [-0.39, 0.29) is 5.91 Å². The molecule has 6 heteroatoms. The van der Waals surface area contributed by atoms with Crippen LogP contribution >= 0.6 is 0 Å². The highest BCUT2D eigenvalue weighted by Gasteiger charge is 2.36. The van der Waals surface area contributed by atoms with Crippen LogP contribution in [0.1, 0.15) is 6.42 Å². The first-order valence-corrected chi connectivity index (χ1v) is 6.86. The van der Waals surface area contributed by atoms with E-state index >= 15 is 0 Å². The third-order valence-corrected chi connectivity index (χ3v) is 4.96. The van der Waals surface area contributed by atoms with Gasteiger partial charge in [0.1, 0.15) is 0 Å². The van der Waals surface area contributed by atoms with E-state index in [4.69, 9.17) is 13.3 Å². The monoisotopic (exact) mass is 245 g/mol. The van der Waals surface area contributed by atoms with Crippen LogP contribution in [0.25, 0.3) is 0 Å². The number of amides is 1. The minimum absolute atomic E-state index is 0.200. The van der Waals surface area contributed by atoms with Crippen LogP contribution in [0.5, 0.6) is 0 Å². The molecule has 0 spiro atoms. The van der Waals surface area contributed by atoms with Gasteiger partial charge in [0.2, 0.25) is 0 Å². The predicted octanol–water partition coefficient (Wildman–Crippen LogP) is 0.712. The largest absolute Gasteiger partial charge is 0.500 e. The fourth-order valence-electron chi connectivity index (χ4n) is 1.22. The van der Waals surface area contributed by atoms with Crippen molar-refractivity contribution < 1.29 is 18.1 Å². The molecule has 0 aliphatic rings. The van der Waals surface area contributed by atoms with E-state index in [2.05, 4.69) is 17.6 Å². The van der Waals surface area contributed by atoms with Crippen molar-refractivity contribution in [1.29, 1.82) is 0 Å². The average Bonchev–Trinajstić information content (AvgIpc) is 2.31. The van der Waals surface area contributed by atoms with E-state index in [1.54, 1.807) is 21.3 Å². The molecule has 0 saturated carbocycles. The van der Waals surface area contributed by atoms with Gasteiger partial charge in [-0.15, -0.1) is 5.73 Å². The number of hydrogen-bond donors (Lipinski definition) is 1. The fourth-order valence-corrected chi connectivity index (χ4v) is 2.94. The summed E-state index contributed by atoms with van der Waals surface area (Å²) in [5.74, 6) is -0.200. The maximum Gasteiger partial charge on any atom is 0.500 e. The number of rotatable bonds is 8. The Morgan fingerprint density at radius 2 is 1.94 bits per heavy atom. The summed E-state index contributed by atoms with van der Waals surface area (Å²) in [6.45, 7) is 3.86. The fraction of sp³-hybridized carbons (Fsp3) is 0.600. The standard InChI is InChI=1S/C10H19NO4Si/c1-5-7-10(12)11-8-6-9-16(13-2,14-3)15-4/h7H,1,6,8-9H2,2-4H3,(H,11,12). The predicted molar refractivity (Wildman–Crippen MR) is 62.9 cm³/mol. The zero-order valence-electron chi connectivity index (χ0n) is 10.0. The van der Waals surface area contributed by atoms with Crippen molar-refractivity contribution in [2.45, 2.75) is 12.5 Å². The molecule has 0 radical (unpaired) electrons. The van der Waals surface area contributed by atoms with Crippen LogP contribution in [0.3, 0.4) is 0 Å². The number of carbonyl (C=O) groups excluding carboxylic acids is 1. The number of carbonyl (C=O) groups is 1. The molecule has 0 aliphatic carbocycles. The third kappa shape index (κ3) is 5.25. The van der Waals surface area contributed by atoms with Gasteiger partial charge in [-0.2, -0.15) is 0 Å². The Morgan fingerprint density at radius 3 is 2.38 bits per heavy atom. The van der Waals surface area contributed by atoms with E-state index in [9.17, 15) is 4.79 Å². The molecule has 92 valence electrons. The summed E-state index contributed by atoms with van der Waals surface area (Å²) in [6, 6.07) is 0.661. The van der Waals surface area contributed by atoms with Crippen LogP contribution in [0, 0.1) is 0 Å². The van der Waals surface area contributed by atoms with Crippen molar-refractivity contribution in [2.24, 2.45) is 0 Å². The summed E-state index contributed by atoms with van der Waals surface area (Å²) < 4.78 is 15.7. The first-order chi connectivity index (χ1) is 7.64.